The van der Waals surface area contributed by atoms with Crippen LogP contribution in [0.4, 0.5) is 4.79 Å². The van der Waals surface area contributed by atoms with Gasteiger partial charge in [-0.3, -0.25) is 14.4 Å². The molecular weight excluding hydrogens is 494 g/mol. The summed E-state index contributed by atoms with van der Waals surface area (Å²) in [6, 6.07) is 3.09. The van der Waals surface area contributed by atoms with Crippen molar-refractivity contribution >= 4 is 24.1 Å². The standard InChI is InChI=1S/C28H43NO9/c1-8-16(4)15-35-28(34)36-19(7)13-21(24(29)25(30)31)20-11-12-22(37-26(32)17(5)9-2)23(14-20)38-27(33)18(6)10-3/h11-12,14,16-19,21,24H,8-10,13,15,29H2,1-7H3,(H,30,31)/t16?,17?,18?,19?,21?,24-/m0/s1. The van der Waals surface area contributed by atoms with Gasteiger partial charge in [0.15, 0.2) is 11.5 Å². The van der Waals surface area contributed by atoms with E-state index in [1.54, 1.807) is 26.8 Å². The van der Waals surface area contributed by atoms with E-state index in [2.05, 4.69) is 0 Å². The third-order valence-electron chi connectivity index (χ3n) is 6.63. The van der Waals surface area contributed by atoms with E-state index < -0.39 is 48.0 Å². The van der Waals surface area contributed by atoms with Crippen LogP contribution in [0, 0.1) is 17.8 Å². The SMILES string of the molecule is CCC(C)COC(=O)OC(C)CC(c1ccc(OC(=O)C(C)CC)c(OC(=O)C(C)CC)c1)[C@H](N)C(=O)O. The van der Waals surface area contributed by atoms with Gasteiger partial charge in [0.2, 0.25) is 0 Å². The maximum absolute atomic E-state index is 12.6. The Morgan fingerprint density at radius 3 is 1.92 bits per heavy atom. The minimum absolute atomic E-state index is 0.0198. The van der Waals surface area contributed by atoms with Crippen molar-refractivity contribution in [3.63, 3.8) is 0 Å². The molecular formula is C28H43NO9. The summed E-state index contributed by atoms with van der Waals surface area (Å²) in [5, 5.41) is 9.65. The molecule has 0 spiro atoms. The number of carboxylic acid groups (broad SMARTS) is 1. The molecule has 0 aliphatic rings. The summed E-state index contributed by atoms with van der Waals surface area (Å²) >= 11 is 0. The summed E-state index contributed by atoms with van der Waals surface area (Å²) in [4.78, 5) is 48.9. The fourth-order valence-corrected chi connectivity index (χ4v) is 3.26. The lowest BCUT2D eigenvalue weighted by Crippen LogP contribution is -2.38. The Bertz CT molecular complexity index is 948. The number of hydrogen-bond donors (Lipinski definition) is 2. The lowest BCUT2D eigenvalue weighted by Gasteiger charge is -2.25. The van der Waals surface area contributed by atoms with Gasteiger partial charge in [0.25, 0.3) is 0 Å². The number of nitrogens with two attached hydrogens (primary N) is 1. The molecule has 5 unspecified atom stereocenters. The molecule has 0 fully saturated rings. The summed E-state index contributed by atoms with van der Waals surface area (Å²) in [6.45, 7) is 12.8. The van der Waals surface area contributed by atoms with Crippen LogP contribution in [0.2, 0.25) is 0 Å². The summed E-state index contributed by atoms with van der Waals surface area (Å²) < 4.78 is 21.5. The van der Waals surface area contributed by atoms with Crippen molar-refractivity contribution < 1.29 is 43.2 Å². The maximum atomic E-state index is 12.6. The van der Waals surface area contributed by atoms with E-state index in [1.807, 2.05) is 27.7 Å². The van der Waals surface area contributed by atoms with Gasteiger partial charge in [0.05, 0.1) is 18.4 Å². The van der Waals surface area contributed by atoms with Gasteiger partial charge in [-0.05, 0) is 49.8 Å². The fourth-order valence-electron chi connectivity index (χ4n) is 3.26. The van der Waals surface area contributed by atoms with Gasteiger partial charge < -0.3 is 29.8 Å². The molecule has 0 heterocycles. The Hall–Kier alpha value is -3.14. The van der Waals surface area contributed by atoms with Crippen molar-refractivity contribution in [1.29, 1.82) is 0 Å². The van der Waals surface area contributed by atoms with Crippen LogP contribution in [0.1, 0.15) is 85.6 Å². The van der Waals surface area contributed by atoms with E-state index in [0.29, 0.717) is 18.4 Å². The normalized spacial score (nSPS) is 15.8. The molecule has 0 aliphatic carbocycles. The Morgan fingerprint density at radius 2 is 1.42 bits per heavy atom. The highest BCUT2D eigenvalue weighted by Gasteiger charge is 2.31. The van der Waals surface area contributed by atoms with Crippen molar-refractivity contribution in [3.8, 4) is 11.5 Å². The average molecular weight is 538 g/mol. The maximum Gasteiger partial charge on any atom is 0.508 e. The minimum Gasteiger partial charge on any atom is -0.480 e. The molecule has 6 atom stereocenters. The van der Waals surface area contributed by atoms with Crippen LogP contribution in [0.3, 0.4) is 0 Å². The molecule has 0 aliphatic heterocycles. The molecule has 0 bridgehead atoms. The van der Waals surface area contributed by atoms with Crippen molar-refractivity contribution in [1.82, 2.24) is 0 Å². The second-order valence-electron chi connectivity index (χ2n) is 9.88. The minimum atomic E-state index is -1.36. The molecule has 0 saturated heterocycles. The lowest BCUT2D eigenvalue weighted by molar-refractivity contribution is -0.141. The number of carbonyl (C=O) groups is 4. The van der Waals surface area contributed by atoms with Crippen molar-refractivity contribution in [3.05, 3.63) is 23.8 Å². The molecule has 10 heteroatoms. The van der Waals surface area contributed by atoms with E-state index in [0.717, 1.165) is 6.42 Å². The van der Waals surface area contributed by atoms with Crippen LogP contribution in [0.25, 0.3) is 0 Å². The first-order valence-corrected chi connectivity index (χ1v) is 13.2. The highest BCUT2D eigenvalue weighted by Crippen LogP contribution is 2.35. The Labute approximate surface area is 225 Å². The average Bonchev–Trinajstić information content (AvgIpc) is 2.89. The highest BCUT2D eigenvalue weighted by atomic mass is 16.7. The van der Waals surface area contributed by atoms with Crippen LogP contribution in [-0.4, -0.2) is 47.9 Å². The number of hydrogen-bond acceptors (Lipinski definition) is 9. The number of carbonyl (C=O) groups excluding carboxylic acids is 3. The predicted octanol–water partition coefficient (Wildman–Crippen LogP) is 5.06. The second kappa shape index (κ2) is 16.0. The number of esters is 2. The van der Waals surface area contributed by atoms with Crippen LogP contribution in [0.15, 0.2) is 18.2 Å². The molecule has 0 aromatic heterocycles. The van der Waals surface area contributed by atoms with Crippen molar-refractivity contribution in [2.45, 2.75) is 92.2 Å². The first-order valence-electron chi connectivity index (χ1n) is 13.2. The monoisotopic (exact) mass is 537 g/mol. The molecule has 10 nitrogen and oxygen atoms in total. The largest absolute Gasteiger partial charge is 0.508 e. The molecule has 0 saturated carbocycles. The smallest absolute Gasteiger partial charge is 0.480 e. The van der Waals surface area contributed by atoms with Gasteiger partial charge in [0, 0.05) is 5.92 Å². The van der Waals surface area contributed by atoms with Gasteiger partial charge in [0.1, 0.15) is 12.1 Å². The molecule has 38 heavy (non-hydrogen) atoms. The molecule has 1 aromatic rings. The Balaban J connectivity index is 3.29. The van der Waals surface area contributed by atoms with Gasteiger partial charge in [-0.2, -0.15) is 0 Å². The summed E-state index contributed by atoms with van der Waals surface area (Å²) in [6.07, 6.45) is 0.405. The van der Waals surface area contributed by atoms with Crippen molar-refractivity contribution in [2.75, 3.05) is 6.61 Å². The van der Waals surface area contributed by atoms with Crippen LogP contribution < -0.4 is 15.2 Å². The zero-order chi connectivity index (χ0) is 29.0. The van der Waals surface area contributed by atoms with Crippen molar-refractivity contribution in [2.24, 2.45) is 23.5 Å². The van der Waals surface area contributed by atoms with E-state index >= 15 is 0 Å². The lowest BCUT2D eigenvalue weighted by atomic mass is 9.87. The van der Waals surface area contributed by atoms with Gasteiger partial charge in [-0.1, -0.05) is 54.0 Å². The summed E-state index contributed by atoms with van der Waals surface area (Å²) in [5.41, 5.74) is 6.44. The molecule has 214 valence electrons. The topological polar surface area (TPSA) is 151 Å². The van der Waals surface area contributed by atoms with E-state index in [9.17, 15) is 24.3 Å². The molecule has 1 aromatic carbocycles. The molecule has 0 radical (unpaired) electrons. The Kier molecular flexibility index (Phi) is 13.8. The van der Waals surface area contributed by atoms with Crippen LogP contribution in [0.5, 0.6) is 11.5 Å². The number of benzene rings is 1. The second-order valence-corrected chi connectivity index (χ2v) is 9.88. The summed E-state index contributed by atoms with van der Waals surface area (Å²) in [5.74, 6) is -3.69. The van der Waals surface area contributed by atoms with E-state index in [-0.39, 0.29) is 36.4 Å². The highest BCUT2D eigenvalue weighted by molar-refractivity contribution is 5.79. The molecule has 3 N–H and O–H groups in total. The van der Waals surface area contributed by atoms with Crippen LogP contribution >= 0.6 is 0 Å². The van der Waals surface area contributed by atoms with Gasteiger partial charge in [-0.25, -0.2) is 4.79 Å². The fraction of sp³-hybridized carbons (Fsp3) is 0.643. The zero-order valence-electron chi connectivity index (χ0n) is 23.5. The summed E-state index contributed by atoms with van der Waals surface area (Å²) in [7, 11) is 0. The van der Waals surface area contributed by atoms with Gasteiger partial charge in [-0.15, -0.1) is 0 Å². The van der Waals surface area contributed by atoms with Gasteiger partial charge >= 0.3 is 24.1 Å². The van der Waals surface area contributed by atoms with Crippen LogP contribution in [-0.2, 0) is 23.9 Å². The zero-order valence-corrected chi connectivity index (χ0v) is 23.5. The number of aliphatic carboxylic acids is 1. The first-order chi connectivity index (χ1) is 17.8. The van der Waals surface area contributed by atoms with E-state index in [4.69, 9.17) is 24.7 Å². The van der Waals surface area contributed by atoms with E-state index in [1.165, 1.54) is 12.1 Å². The molecule has 0 amide bonds. The Morgan fingerprint density at radius 1 is 0.868 bits per heavy atom. The number of carboxylic acids is 1. The third-order valence-corrected chi connectivity index (χ3v) is 6.63. The quantitative estimate of drug-likeness (QED) is 0.229. The number of ether oxygens (including phenoxy) is 4. The first kappa shape index (κ1) is 32.9. The molecule has 1 rings (SSSR count). The number of rotatable bonds is 15. The third kappa shape index (κ3) is 10.3. The predicted molar refractivity (Wildman–Crippen MR) is 141 cm³/mol.